The van der Waals surface area contributed by atoms with Crippen LogP contribution in [0.5, 0.6) is 0 Å². The molecule has 1 radical (unpaired) electrons. The fourth-order valence-corrected chi connectivity index (χ4v) is 3.09. The first-order chi connectivity index (χ1) is 7.60. The maximum Gasteiger partial charge on any atom is 0.243 e. The van der Waals surface area contributed by atoms with E-state index in [2.05, 4.69) is 11.0 Å². The lowest BCUT2D eigenvalue weighted by atomic mass is 10.4. The Morgan fingerprint density at radius 1 is 1.19 bits per heavy atom. The molecule has 1 heterocycles. The number of sulfonamides is 1. The van der Waals surface area contributed by atoms with Gasteiger partial charge in [0.2, 0.25) is 10.0 Å². The number of piperazine rings is 1. The van der Waals surface area contributed by atoms with E-state index in [4.69, 9.17) is 0 Å². The Balaban J connectivity index is 2.20. The molecule has 0 N–H and O–H groups in total. The Labute approximate surface area is 96.5 Å². The van der Waals surface area contributed by atoms with E-state index >= 15 is 0 Å². The third kappa shape index (κ3) is 2.26. The largest absolute Gasteiger partial charge is 0.304 e. The lowest BCUT2D eigenvalue weighted by Crippen LogP contribution is -2.47. The molecule has 87 valence electrons. The summed E-state index contributed by atoms with van der Waals surface area (Å²) in [6.45, 7) is 2.68. The van der Waals surface area contributed by atoms with Gasteiger partial charge in [-0.3, -0.25) is 0 Å². The molecule has 0 aromatic heterocycles. The summed E-state index contributed by atoms with van der Waals surface area (Å²) in [6.07, 6.45) is 0. The van der Waals surface area contributed by atoms with Crippen molar-refractivity contribution in [3.05, 3.63) is 30.3 Å². The summed E-state index contributed by atoms with van der Waals surface area (Å²) in [5.74, 6) is 0. The number of nitrogens with zero attached hydrogens (tertiary/aromatic N) is 2. The van der Waals surface area contributed by atoms with Gasteiger partial charge in [-0.1, -0.05) is 18.2 Å². The first kappa shape index (κ1) is 11.6. The number of benzene rings is 1. The van der Waals surface area contributed by atoms with E-state index in [1.165, 1.54) is 4.31 Å². The van der Waals surface area contributed by atoms with E-state index in [0.29, 0.717) is 13.1 Å². The molecule has 1 aromatic carbocycles. The van der Waals surface area contributed by atoms with Crippen LogP contribution in [-0.4, -0.2) is 50.8 Å². The van der Waals surface area contributed by atoms with E-state index in [9.17, 15) is 8.42 Å². The molecule has 0 amide bonds. The predicted molar refractivity (Wildman–Crippen MR) is 61.5 cm³/mol. The van der Waals surface area contributed by atoms with Crippen molar-refractivity contribution in [2.75, 3.05) is 33.2 Å². The second-order valence-corrected chi connectivity index (χ2v) is 5.84. The van der Waals surface area contributed by atoms with Crippen LogP contribution < -0.4 is 0 Å². The van der Waals surface area contributed by atoms with Crippen LogP contribution in [0.2, 0.25) is 0 Å². The standard InChI is InChI=1S/C11H15N2O2S/c1-12-7-9-13(10-8-12)16(14,15)11-5-3-2-4-6-11/h2-5H,7-10H2,1H3. The van der Waals surface area contributed by atoms with Crippen molar-refractivity contribution >= 4 is 10.0 Å². The second-order valence-electron chi connectivity index (χ2n) is 3.93. The Morgan fingerprint density at radius 2 is 1.88 bits per heavy atom. The van der Waals surface area contributed by atoms with Crippen LogP contribution >= 0.6 is 0 Å². The lowest BCUT2D eigenvalue weighted by molar-refractivity contribution is 0.222. The lowest BCUT2D eigenvalue weighted by Gasteiger charge is -2.31. The summed E-state index contributed by atoms with van der Waals surface area (Å²) in [4.78, 5) is 2.39. The zero-order valence-electron chi connectivity index (χ0n) is 9.26. The Bertz CT molecular complexity index is 436. The van der Waals surface area contributed by atoms with Crippen LogP contribution in [0.4, 0.5) is 0 Å². The van der Waals surface area contributed by atoms with Crippen molar-refractivity contribution in [2.24, 2.45) is 0 Å². The topological polar surface area (TPSA) is 40.6 Å². The predicted octanol–water partition coefficient (Wildman–Crippen LogP) is 0.423. The van der Waals surface area contributed by atoms with Crippen LogP contribution in [0.25, 0.3) is 0 Å². The van der Waals surface area contributed by atoms with Gasteiger partial charge in [-0.25, -0.2) is 8.42 Å². The van der Waals surface area contributed by atoms with Crippen molar-refractivity contribution in [3.63, 3.8) is 0 Å². The maximum atomic E-state index is 12.2. The Morgan fingerprint density at radius 3 is 2.44 bits per heavy atom. The minimum atomic E-state index is -3.33. The molecule has 1 fully saturated rings. The molecule has 16 heavy (non-hydrogen) atoms. The molecule has 1 aliphatic heterocycles. The molecule has 0 spiro atoms. The van der Waals surface area contributed by atoms with E-state index in [1.807, 2.05) is 7.05 Å². The minimum Gasteiger partial charge on any atom is -0.304 e. The van der Waals surface area contributed by atoms with Gasteiger partial charge in [0.25, 0.3) is 0 Å². The molecular weight excluding hydrogens is 224 g/mol. The highest BCUT2D eigenvalue weighted by Crippen LogP contribution is 2.15. The quantitative estimate of drug-likeness (QED) is 0.751. The Hall–Kier alpha value is -0.910. The minimum absolute atomic E-state index is 0.263. The monoisotopic (exact) mass is 239 g/mol. The van der Waals surface area contributed by atoms with Gasteiger partial charge >= 0.3 is 0 Å². The zero-order valence-corrected chi connectivity index (χ0v) is 10.1. The number of likely N-dealkylation sites (N-methyl/N-ethyl adjacent to an activating group) is 1. The SMILES string of the molecule is CN1CCN(S(=O)(=O)c2[c]cccc2)CC1. The van der Waals surface area contributed by atoms with Crippen LogP contribution in [0, 0.1) is 6.07 Å². The van der Waals surface area contributed by atoms with Crippen LogP contribution in [0.15, 0.2) is 29.2 Å². The molecule has 4 nitrogen and oxygen atoms in total. The third-order valence-corrected chi connectivity index (χ3v) is 4.62. The maximum absolute atomic E-state index is 12.2. The summed E-state index contributed by atoms with van der Waals surface area (Å²) in [6, 6.07) is 9.48. The van der Waals surface area contributed by atoms with Crippen molar-refractivity contribution in [1.29, 1.82) is 0 Å². The van der Waals surface area contributed by atoms with Gasteiger partial charge in [-0.2, -0.15) is 4.31 Å². The van der Waals surface area contributed by atoms with Gasteiger partial charge in [0, 0.05) is 32.2 Å². The summed E-state index contributed by atoms with van der Waals surface area (Å²) in [5, 5.41) is 0. The molecule has 0 bridgehead atoms. The van der Waals surface area contributed by atoms with Gasteiger partial charge in [0.05, 0.1) is 4.90 Å². The molecule has 0 saturated carbocycles. The average Bonchev–Trinajstić information content (AvgIpc) is 2.31. The molecule has 1 aromatic rings. The van der Waals surface area contributed by atoms with Gasteiger partial charge in [0.1, 0.15) is 0 Å². The summed E-state index contributed by atoms with van der Waals surface area (Å²) in [7, 11) is -1.34. The highest BCUT2D eigenvalue weighted by atomic mass is 32.2. The third-order valence-electron chi connectivity index (χ3n) is 2.76. The molecule has 0 aliphatic carbocycles. The first-order valence-electron chi connectivity index (χ1n) is 5.26. The molecule has 0 unspecified atom stereocenters. The van der Waals surface area contributed by atoms with E-state index < -0.39 is 10.0 Å². The molecule has 2 rings (SSSR count). The van der Waals surface area contributed by atoms with Crippen molar-refractivity contribution < 1.29 is 8.42 Å². The molecule has 0 atom stereocenters. The van der Waals surface area contributed by atoms with Gasteiger partial charge in [-0.15, -0.1) is 0 Å². The molecule has 1 saturated heterocycles. The summed E-state index contributed by atoms with van der Waals surface area (Å²) < 4.78 is 25.9. The first-order valence-corrected chi connectivity index (χ1v) is 6.70. The fourth-order valence-electron chi connectivity index (χ4n) is 1.70. The van der Waals surface area contributed by atoms with Crippen LogP contribution in [0.1, 0.15) is 0 Å². The zero-order chi connectivity index (χ0) is 11.6. The molecule has 1 aliphatic rings. The number of rotatable bonds is 2. The van der Waals surface area contributed by atoms with Gasteiger partial charge < -0.3 is 4.90 Å². The van der Waals surface area contributed by atoms with E-state index in [1.54, 1.807) is 24.3 Å². The van der Waals surface area contributed by atoms with E-state index in [-0.39, 0.29) is 4.90 Å². The summed E-state index contributed by atoms with van der Waals surface area (Å²) in [5.41, 5.74) is 0. The normalized spacial score (nSPS) is 19.8. The summed E-state index contributed by atoms with van der Waals surface area (Å²) >= 11 is 0. The smallest absolute Gasteiger partial charge is 0.243 e. The Kier molecular flexibility index (Phi) is 3.28. The highest BCUT2D eigenvalue weighted by molar-refractivity contribution is 7.89. The number of hydrogen-bond donors (Lipinski definition) is 0. The fraction of sp³-hybridized carbons (Fsp3) is 0.455. The second kappa shape index (κ2) is 4.53. The van der Waals surface area contributed by atoms with Crippen molar-refractivity contribution in [2.45, 2.75) is 4.90 Å². The van der Waals surface area contributed by atoms with Gasteiger partial charge in [0.15, 0.2) is 0 Å². The van der Waals surface area contributed by atoms with Crippen molar-refractivity contribution in [1.82, 2.24) is 9.21 Å². The molecular formula is C11H15N2O2S. The van der Waals surface area contributed by atoms with Crippen molar-refractivity contribution in [3.8, 4) is 0 Å². The van der Waals surface area contributed by atoms with Gasteiger partial charge in [-0.05, 0) is 13.1 Å². The number of hydrogen-bond acceptors (Lipinski definition) is 3. The highest BCUT2D eigenvalue weighted by Gasteiger charge is 2.26. The van der Waals surface area contributed by atoms with Crippen LogP contribution in [0.3, 0.4) is 0 Å². The van der Waals surface area contributed by atoms with E-state index in [0.717, 1.165) is 13.1 Å². The molecule has 5 heteroatoms. The van der Waals surface area contributed by atoms with Crippen LogP contribution in [-0.2, 0) is 10.0 Å². The average molecular weight is 239 g/mol.